The molecular weight excluding hydrogens is 438 g/mol. The van der Waals surface area contributed by atoms with Crippen molar-refractivity contribution in [3.63, 3.8) is 0 Å². The maximum Gasteiger partial charge on any atom is 0.253 e. The van der Waals surface area contributed by atoms with E-state index >= 15 is 0 Å². The van der Waals surface area contributed by atoms with Crippen LogP contribution in [0.1, 0.15) is 21.6 Å². The lowest BCUT2D eigenvalue weighted by molar-refractivity contribution is 0.0963. The maximum absolute atomic E-state index is 12.9. The van der Waals surface area contributed by atoms with Gasteiger partial charge in [-0.1, -0.05) is 18.2 Å². The number of phenolic OH excluding ortho intramolecular Hbond substituents is 1. The molecule has 3 rings (SSSR count). The van der Waals surface area contributed by atoms with Crippen molar-refractivity contribution < 1.29 is 9.90 Å². The SMILES string of the molecule is CNC(=O)c1c(CSc2ccccc2)n(C)c2cc(Br)c(O)c(CN(C)C)c12. The molecule has 1 heterocycles. The summed E-state index contributed by atoms with van der Waals surface area (Å²) in [6, 6.07) is 12.0. The van der Waals surface area contributed by atoms with Gasteiger partial charge in [-0.25, -0.2) is 0 Å². The summed E-state index contributed by atoms with van der Waals surface area (Å²) < 4.78 is 2.68. The molecule has 0 saturated carbocycles. The molecule has 148 valence electrons. The number of halogens is 1. The largest absolute Gasteiger partial charge is 0.506 e. The molecule has 0 saturated heterocycles. The topological polar surface area (TPSA) is 57.5 Å². The number of nitrogens with one attached hydrogen (secondary N) is 1. The first-order valence-electron chi connectivity index (χ1n) is 8.91. The van der Waals surface area contributed by atoms with Crippen LogP contribution in [-0.4, -0.2) is 41.6 Å². The second-order valence-electron chi connectivity index (χ2n) is 6.88. The first-order valence-corrected chi connectivity index (χ1v) is 10.7. The average molecular weight is 462 g/mol. The van der Waals surface area contributed by atoms with E-state index in [1.165, 1.54) is 0 Å². The second-order valence-corrected chi connectivity index (χ2v) is 8.78. The Kier molecular flexibility index (Phi) is 6.37. The highest BCUT2D eigenvalue weighted by Crippen LogP contribution is 2.40. The molecule has 3 aromatic rings. The number of nitrogens with zero attached hydrogens (tertiary/aromatic N) is 2. The van der Waals surface area contributed by atoms with Crippen LogP contribution in [0.2, 0.25) is 0 Å². The fourth-order valence-corrected chi connectivity index (χ4v) is 4.80. The van der Waals surface area contributed by atoms with Gasteiger partial charge in [0.2, 0.25) is 0 Å². The minimum atomic E-state index is -0.143. The van der Waals surface area contributed by atoms with Gasteiger partial charge in [0.25, 0.3) is 5.91 Å². The summed E-state index contributed by atoms with van der Waals surface area (Å²) in [6.45, 7) is 0.529. The standard InChI is InChI=1S/C21H24BrN3O2S/c1-23-21(27)19-17(12-28-13-8-6-5-7-9-13)25(4)16-10-15(22)20(26)14(18(16)19)11-24(2)3/h5-10,26H,11-12H2,1-4H3,(H,23,27). The highest BCUT2D eigenvalue weighted by atomic mass is 79.9. The normalized spacial score (nSPS) is 11.4. The zero-order valence-electron chi connectivity index (χ0n) is 16.4. The zero-order valence-corrected chi connectivity index (χ0v) is 18.8. The predicted molar refractivity (Wildman–Crippen MR) is 119 cm³/mol. The number of carbonyl (C=O) groups excluding carboxylic acids is 1. The number of fused-ring (bicyclic) bond motifs is 1. The number of hydrogen-bond acceptors (Lipinski definition) is 4. The van der Waals surface area contributed by atoms with Crippen molar-refractivity contribution in [3.8, 4) is 5.75 Å². The minimum Gasteiger partial charge on any atom is -0.506 e. The Morgan fingerprint density at radius 3 is 2.57 bits per heavy atom. The van der Waals surface area contributed by atoms with Gasteiger partial charge in [0.15, 0.2) is 0 Å². The van der Waals surface area contributed by atoms with E-state index in [0.29, 0.717) is 22.3 Å². The number of aromatic hydroxyl groups is 1. The number of benzene rings is 2. The summed E-state index contributed by atoms with van der Waals surface area (Å²) in [4.78, 5) is 16.0. The summed E-state index contributed by atoms with van der Waals surface area (Å²) >= 11 is 5.15. The number of aromatic nitrogens is 1. The smallest absolute Gasteiger partial charge is 0.253 e. The fourth-order valence-electron chi connectivity index (χ4n) is 3.36. The van der Waals surface area contributed by atoms with Crippen LogP contribution in [0.15, 0.2) is 45.8 Å². The van der Waals surface area contributed by atoms with E-state index in [1.54, 1.807) is 18.8 Å². The van der Waals surface area contributed by atoms with Gasteiger partial charge in [-0.15, -0.1) is 11.8 Å². The van der Waals surface area contributed by atoms with Crippen molar-refractivity contribution >= 4 is 44.5 Å². The molecule has 2 aromatic carbocycles. The first kappa shape index (κ1) is 20.8. The molecule has 5 nitrogen and oxygen atoms in total. The third kappa shape index (κ3) is 3.92. The van der Waals surface area contributed by atoms with Crippen molar-refractivity contribution in [2.24, 2.45) is 7.05 Å². The van der Waals surface area contributed by atoms with E-state index in [-0.39, 0.29) is 11.7 Å². The van der Waals surface area contributed by atoms with Gasteiger partial charge in [0.05, 0.1) is 15.6 Å². The summed E-state index contributed by atoms with van der Waals surface area (Å²) in [7, 11) is 7.50. The van der Waals surface area contributed by atoms with Gasteiger partial charge in [0, 0.05) is 47.9 Å². The maximum atomic E-state index is 12.9. The molecule has 2 N–H and O–H groups in total. The molecule has 0 atom stereocenters. The molecule has 1 amide bonds. The van der Waals surface area contributed by atoms with Crippen molar-refractivity contribution in [1.82, 2.24) is 14.8 Å². The number of hydrogen-bond donors (Lipinski definition) is 2. The molecule has 0 radical (unpaired) electrons. The van der Waals surface area contributed by atoms with E-state index in [4.69, 9.17) is 0 Å². The Hall–Kier alpha value is -1.96. The summed E-state index contributed by atoms with van der Waals surface area (Å²) in [6.07, 6.45) is 0. The van der Waals surface area contributed by atoms with Crippen molar-refractivity contribution in [1.29, 1.82) is 0 Å². The third-order valence-electron chi connectivity index (χ3n) is 4.69. The highest BCUT2D eigenvalue weighted by molar-refractivity contribution is 9.10. The molecule has 28 heavy (non-hydrogen) atoms. The fraction of sp³-hybridized carbons (Fsp3) is 0.286. The molecule has 0 bridgehead atoms. The van der Waals surface area contributed by atoms with Gasteiger partial charge < -0.3 is 19.9 Å². The van der Waals surface area contributed by atoms with E-state index in [1.807, 2.05) is 50.3 Å². The van der Waals surface area contributed by atoms with E-state index in [0.717, 1.165) is 27.1 Å². The summed E-state index contributed by atoms with van der Waals surface area (Å²) in [5.74, 6) is 0.688. The van der Waals surface area contributed by atoms with Crippen LogP contribution in [0.4, 0.5) is 0 Å². The number of phenols is 1. The number of amides is 1. The number of thioether (sulfide) groups is 1. The van der Waals surface area contributed by atoms with Crippen molar-refractivity contribution in [3.05, 3.63) is 57.7 Å². The van der Waals surface area contributed by atoms with Crippen LogP contribution in [0.3, 0.4) is 0 Å². The Labute approximate surface area is 177 Å². The molecule has 7 heteroatoms. The molecule has 0 unspecified atom stereocenters. The zero-order chi connectivity index (χ0) is 20.4. The van der Waals surface area contributed by atoms with Crippen molar-refractivity contribution in [2.45, 2.75) is 17.2 Å². The van der Waals surface area contributed by atoms with Gasteiger partial charge in [-0.05, 0) is 48.2 Å². The van der Waals surface area contributed by atoms with Gasteiger partial charge in [-0.3, -0.25) is 4.79 Å². The number of aryl methyl sites for hydroxylation is 1. The highest BCUT2D eigenvalue weighted by Gasteiger charge is 2.26. The van der Waals surface area contributed by atoms with Crippen LogP contribution in [0.25, 0.3) is 10.9 Å². The lowest BCUT2D eigenvalue weighted by atomic mass is 10.0. The summed E-state index contributed by atoms with van der Waals surface area (Å²) in [5.41, 5.74) is 3.23. The van der Waals surface area contributed by atoms with E-state index in [2.05, 4.69) is 37.9 Å². The Morgan fingerprint density at radius 2 is 1.96 bits per heavy atom. The minimum absolute atomic E-state index is 0.143. The first-order chi connectivity index (χ1) is 13.3. The molecule has 0 aliphatic rings. The molecular formula is C21H24BrN3O2S. The summed E-state index contributed by atoms with van der Waals surface area (Å²) in [5, 5.41) is 14.3. The Morgan fingerprint density at radius 1 is 1.29 bits per heavy atom. The molecule has 1 aromatic heterocycles. The lowest BCUT2D eigenvalue weighted by Gasteiger charge is -2.15. The van der Waals surface area contributed by atoms with Gasteiger partial charge >= 0.3 is 0 Å². The average Bonchev–Trinajstić information content (AvgIpc) is 2.95. The van der Waals surface area contributed by atoms with Crippen LogP contribution in [-0.2, 0) is 19.3 Å². The van der Waals surface area contributed by atoms with Crippen molar-refractivity contribution in [2.75, 3.05) is 21.1 Å². The third-order valence-corrected chi connectivity index (χ3v) is 6.31. The second kappa shape index (κ2) is 8.59. The number of rotatable bonds is 6. The van der Waals surface area contributed by atoms with Crippen LogP contribution in [0, 0.1) is 0 Å². The molecule has 0 aliphatic heterocycles. The molecule has 0 aliphatic carbocycles. The van der Waals surface area contributed by atoms with E-state index < -0.39 is 0 Å². The quantitative estimate of drug-likeness (QED) is 0.535. The molecule has 0 fully saturated rings. The lowest BCUT2D eigenvalue weighted by Crippen LogP contribution is -2.20. The van der Waals surface area contributed by atoms with E-state index in [9.17, 15) is 9.90 Å². The van der Waals surface area contributed by atoms with Crippen LogP contribution < -0.4 is 5.32 Å². The molecule has 0 spiro atoms. The van der Waals surface area contributed by atoms with Gasteiger partial charge in [0.1, 0.15) is 5.75 Å². The number of carbonyl (C=O) groups is 1. The Balaban J connectivity index is 2.22. The van der Waals surface area contributed by atoms with Gasteiger partial charge in [-0.2, -0.15) is 0 Å². The predicted octanol–water partition coefficient (Wildman–Crippen LogP) is 4.36. The monoisotopic (exact) mass is 461 g/mol. The Bertz CT molecular complexity index is 1020. The van der Waals surface area contributed by atoms with Crippen LogP contribution >= 0.6 is 27.7 Å². The van der Waals surface area contributed by atoms with Crippen LogP contribution in [0.5, 0.6) is 5.75 Å².